The van der Waals surface area contributed by atoms with E-state index in [0.717, 1.165) is 10.0 Å². The molecule has 0 aliphatic carbocycles. The van der Waals surface area contributed by atoms with Gasteiger partial charge in [-0.25, -0.2) is 19.5 Å². The van der Waals surface area contributed by atoms with Crippen molar-refractivity contribution in [2.75, 3.05) is 11.4 Å². The predicted octanol–water partition coefficient (Wildman–Crippen LogP) is 6.85. The molecule has 36 heavy (non-hydrogen) atoms. The third-order valence-corrected chi connectivity index (χ3v) is 6.63. The number of hydrogen-bond acceptors (Lipinski definition) is 7. The van der Waals surface area contributed by atoms with Crippen molar-refractivity contribution < 1.29 is 23.8 Å². The van der Waals surface area contributed by atoms with Gasteiger partial charge in [0.25, 0.3) is 0 Å². The first-order valence-corrected chi connectivity index (χ1v) is 13.8. The summed E-state index contributed by atoms with van der Waals surface area (Å²) in [7, 11) is 0. The Morgan fingerprint density at radius 3 is 2.36 bits per heavy atom. The van der Waals surface area contributed by atoms with E-state index in [1.807, 2.05) is 71.2 Å². The number of hydrogen-bond donors (Lipinski definition) is 1. The van der Waals surface area contributed by atoms with Crippen molar-refractivity contribution >= 4 is 44.6 Å². The standard InChI is InChI=1S/C26H36BrN3O5S/c1-25(2,3)34-23(31)29-12-11-20-15-19(16-21(33-20)17-7-9-18(27)10-8-17)30(22-28-13-14-36-22)24(32)35-26(4,5)6/h7-10,13-14,19-21H,11-12,15-16H2,1-6H3,(H,29,31)/t19-,20+,21-/m0/s1. The second-order valence-corrected chi connectivity index (χ2v) is 12.6. The van der Waals surface area contributed by atoms with Gasteiger partial charge < -0.3 is 19.5 Å². The lowest BCUT2D eigenvalue weighted by Gasteiger charge is -2.40. The van der Waals surface area contributed by atoms with Gasteiger partial charge in [0.15, 0.2) is 5.13 Å². The zero-order chi connectivity index (χ0) is 26.5. The normalized spacial score (nSPS) is 20.5. The molecule has 1 aromatic heterocycles. The molecular formula is C26H36BrN3O5S. The Kier molecular flexibility index (Phi) is 9.40. The summed E-state index contributed by atoms with van der Waals surface area (Å²) in [6, 6.07) is 7.81. The quantitative estimate of drug-likeness (QED) is 0.401. The van der Waals surface area contributed by atoms with Gasteiger partial charge in [-0.05, 0) is 78.5 Å². The van der Waals surface area contributed by atoms with Crippen LogP contribution in [0.5, 0.6) is 0 Å². The topological polar surface area (TPSA) is 90.0 Å². The molecule has 2 heterocycles. The van der Waals surface area contributed by atoms with Crippen LogP contribution in [0, 0.1) is 0 Å². The molecule has 1 aliphatic rings. The van der Waals surface area contributed by atoms with E-state index >= 15 is 0 Å². The highest BCUT2D eigenvalue weighted by Crippen LogP contribution is 2.38. The Bertz CT molecular complexity index is 1000. The van der Waals surface area contributed by atoms with Crippen LogP contribution in [-0.2, 0) is 14.2 Å². The summed E-state index contributed by atoms with van der Waals surface area (Å²) >= 11 is 4.89. The van der Waals surface area contributed by atoms with Crippen LogP contribution in [0.25, 0.3) is 0 Å². The molecule has 1 N–H and O–H groups in total. The van der Waals surface area contributed by atoms with Crippen LogP contribution in [0.1, 0.15) is 72.5 Å². The average Bonchev–Trinajstić information content (AvgIpc) is 3.26. The Labute approximate surface area is 225 Å². The summed E-state index contributed by atoms with van der Waals surface area (Å²) in [5.74, 6) is 0. The summed E-state index contributed by atoms with van der Waals surface area (Å²) in [6.07, 6.45) is 2.12. The van der Waals surface area contributed by atoms with Gasteiger partial charge in [-0.15, -0.1) is 11.3 Å². The average molecular weight is 583 g/mol. The van der Waals surface area contributed by atoms with Crippen LogP contribution in [0.15, 0.2) is 40.3 Å². The molecular weight excluding hydrogens is 546 g/mol. The number of nitrogens with one attached hydrogen (secondary N) is 1. The molecule has 1 saturated heterocycles. The Morgan fingerprint density at radius 1 is 1.11 bits per heavy atom. The third kappa shape index (κ3) is 8.74. The number of halogens is 1. The number of rotatable bonds is 6. The van der Waals surface area contributed by atoms with E-state index < -0.39 is 23.4 Å². The SMILES string of the molecule is CC(C)(C)OC(=O)NCC[C@@H]1C[C@H](N(C(=O)OC(C)(C)C)c2nccs2)C[C@@H](c2ccc(Br)cc2)O1. The molecule has 0 saturated carbocycles. The molecule has 2 amide bonds. The lowest BCUT2D eigenvalue weighted by Crippen LogP contribution is -2.48. The zero-order valence-electron chi connectivity index (χ0n) is 21.7. The van der Waals surface area contributed by atoms with Crippen molar-refractivity contribution in [3.8, 4) is 0 Å². The number of carbonyl (C=O) groups is 2. The molecule has 8 nitrogen and oxygen atoms in total. The number of carbonyl (C=O) groups excluding carboxylic acids is 2. The maximum Gasteiger partial charge on any atom is 0.416 e. The molecule has 3 atom stereocenters. The van der Waals surface area contributed by atoms with E-state index in [4.69, 9.17) is 14.2 Å². The van der Waals surface area contributed by atoms with Crippen molar-refractivity contribution in [3.63, 3.8) is 0 Å². The minimum atomic E-state index is -0.639. The number of anilines is 1. The van der Waals surface area contributed by atoms with Gasteiger partial charge >= 0.3 is 12.2 Å². The smallest absolute Gasteiger partial charge is 0.416 e. The van der Waals surface area contributed by atoms with Crippen LogP contribution >= 0.6 is 27.3 Å². The van der Waals surface area contributed by atoms with E-state index in [2.05, 4.69) is 26.2 Å². The maximum atomic E-state index is 13.3. The molecule has 0 radical (unpaired) electrons. The monoisotopic (exact) mass is 581 g/mol. The second-order valence-electron chi connectivity index (χ2n) is 10.8. The van der Waals surface area contributed by atoms with Gasteiger partial charge in [0.1, 0.15) is 11.2 Å². The zero-order valence-corrected chi connectivity index (χ0v) is 24.1. The summed E-state index contributed by atoms with van der Waals surface area (Å²) in [4.78, 5) is 31.5. The first-order chi connectivity index (χ1) is 16.8. The Balaban J connectivity index is 1.81. The number of aromatic nitrogens is 1. The first kappa shape index (κ1) is 28.4. The molecule has 1 aromatic carbocycles. The fraction of sp³-hybridized carbons (Fsp3) is 0.577. The third-order valence-electron chi connectivity index (χ3n) is 5.33. The van der Waals surface area contributed by atoms with Crippen LogP contribution in [0.2, 0.25) is 0 Å². The summed E-state index contributed by atoms with van der Waals surface area (Å²) in [5, 5.41) is 5.25. The minimum Gasteiger partial charge on any atom is -0.444 e. The van der Waals surface area contributed by atoms with E-state index in [-0.39, 0.29) is 18.2 Å². The fourth-order valence-electron chi connectivity index (χ4n) is 3.96. The van der Waals surface area contributed by atoms with E-state index in [0.29, 0.717) is 30.9 Å². The number of ether oxygens (including phenoxy) is 3. The van der Waals surface area contributed by atoms with Crippen molar-refractivity contribution in [3.05, 3.63) is 45.9 Å². The molecule has 3 rings (SSSR count). The van der Waals surface area contributed by atoms with Gasteiger partial charge in [0.05, 0.1) is 12.2 Å². The molecule has 1 fully saturated rings. The number of benzene rings is 1. The fourth-order valence-corrected chi connectivity index (χ4v) is 4.92. The van der Waals surface area contributed by atoms with Gasteiger partial charge in [0, 0.05) is 28.6 Å². The van der Waals surface area contributed by atoms with Gasteiger partial charge in [0.2, 0.25) is 0 Å². The van der Waals surface area contributed by atoms with E-state index in [1.165, 1.54) is 11.3 Å². The van der Waals surface area contributed by atoms with E-state index in [1.54, 1.807) is 11.1 Å². The van der Waals surface area contributed by atoms with Crippen molar-refractivity contribution in [1.82, 2.24) is 10.3 Å². The molecule has 0 bridgehead atoms. The highest BCUT2D eigenvalue weighted by Gasteiger charge is 2.39. The van der Waals surface area contributed by atoms with E-state index in [9.17, 15) is 9.59 Å². The number of thiazole rings is 1. The first-order valence-electron chi connectivity index (χ1n) is 12.1. The minimum absolute atomic E-state index is 0.195. The molecule has 1 aliphatic heterocycles. The number of alkyl carbamates (subject to hydrolysis) is 1. The van der Waals surface area contributed by atoms with Crippen LogP contribution in [0.3, 0.4) is 0 Å². The van der Waals surface area contributed by atoms with Crippen LogP contribution < -0.4 is 10.2 Å². The number of nitrogens with zero attached hydrogens (tertiary/aromatic N) is 2. The lowest BCUT2D eigenvalue weighted by atomic mass is 9.92. The van der Waals surface area contributed by atoms with Crippen molar-refractivity contribution in [2.45, 2.75) is 90.3 Å². The summed E-state index contributed by atoms with van der Waals surface area (Å²) in [5.41, 5.74) is -0.180. The molecule has 0 unspecified atom stereocenters. The van der Waals surface area contributed by atoms with Gasteiger partial charge in [-0.1, -0.05) is 28.1 Å². The highest BCUT2D eigenvalue weighted by atomic mass is 79.9. The van der Waals surface area contributed by atoms with Gasteiger partial charge in [-0.2, -0.15) is 0 Å². The molecule has 10 heteroatoms. The summed E-state index contributed by atoms with van der Waals surface area (Å²) < 4.78 is 18.6. The molecule has 2 aromatic rings. The highest BCUT2D eigenvalue weighted by molar-refractivity contribution is 9.10. The molecule has 198 valence electrons. The Morgan fingerprint density at radius 2 is 1.78 bits per heavy atom. The maximum absolute atomic E-state index is 13.3. The van der Waals surface area contributed by atoms with Gasteiger partial charge in [-0.3, -0.25) is 0 Å². The summed E-state index contributed by atoms with van der Waals surface area (Å²) in [6.45, 7) is 11.4. The number of amides is 2. The van der Waals surface area contributed by atoms with Crippen LogP contribution in [-0.4, -0.2) is 47.1 Å². The van der Waals surface area contributed by atoms with Crippen molar-refractivity contribution in [1.29, 1.82) is 0 Å². The second kappa shape index (κ2) is 11.9. The molecule has 0 spiro atoms. The Hall–Kier alpha value is -2.17. The van der Waals surface area contributed by atoms with Crippen LogP contribution in [0.4, 0.5) is 14.7 Å². The van der Waals surface area contributed by atoms with Crippen molar-refractivity contribution in [2.24, 2.45) is 0 Å². The lowest BCUT2D eigenvalue weighted by molar-refractivity contribution is -0.0626. The largest absolute Gasteiger partial charge is 0.444 e. The predicted molar refractivity (Wildman–Crippen MR) is 144 cm³/mol.